The second kappa shape index (κ2) is 6.80. The Hall–Kier alpha value is -1.39. The predicted molar refractivity (Wildman–Crippen MR) is 92.5 cm³/mol. The lowest BCUT2D eigenvalue weighted by molar-refractivity contribution is 0.404. The Morgan fingerprint density at radius 1 is 1.14 bits per heavy atom. The van der Waals surface area contributed by atoms with E-state index in [2.05, 4.69) is 0 Å². The van der Waals surface area contributed by atoms with Crippen molar-refractivity contribution in [3.8, 4) is 5.75 Å². The molecule has 0 fully saturated rings. The fourth-order valence-electron chi connectivity index (χ4n) is 2.30. The molecule has 0 saturated heterocycles. The maximum atomic E-state index is 6.30. The number of nitrogens with two attached hydrogens (primary N) is 1. The summed E-state index contributed by atoms with van der Waals surface area (Å²) in [6.07, 6.45) is 0. The van der Waals surface area contributed by atoms with Gasteiger partial charge in [0, 0.05) is 16.0 Å². The zero-order chi connectivity index (χ0) is 15.0. The van der Waals surface area contributed by atoms with Crippen LogP contribution in [0.15, 0.2) is 46.9 Å². The van der Waals surface area contributed by atoms with Crippen molar-refractivity contribution in [3.63, 3.8) is 0 Å². The maximum absolute atomic E-state index is 6.30. The molecule has 1 unspecified atom stereocenters. The van der Waals surface area contributed by atoms with Crippen LogP contribution < -0.4 is 10.5 Å². The SMILES string of the molecule is COc1ccc(Cl)cc1C(N)c1cc2c(Cl)cccc2o1.Cl. The molecule has 3 nitrogen and oxygen atoms in total. The summed E-state index contributed by atoms with van der Waals surface area (Å²) >= 11 is 12.2. The molecule has 3 aromatic rings. The third kappa shape index (κ3) is 3.03. The number of benzene rings is 2. The largest absolute Gasteiger partial charge is 0.496 e. The standard InChI is InChI=1S/C16H13Cl2NO2.ClH/c1-20-13-6-5-9(17)7-11(13)16(19)15-8-10-12(18)3-2-4-14(10)21-15;/h2-8,16H,19H2,1H3;1H. The van der Waals surface area contributed by atoms with Crippen molar-refractivity contribution in [1.82, 2.24) is 0 Å². The van der Waals surface area contributed by atoms with E-state index in [-0.39, 0.29) is 12.4 Å². The predicted octanol–water partition coefficient (Wildman–Crippen LogP) is 5.22. The van der Waals surface area contributed by atoms with Crippen molar-refractivity contribution in [1.29, 1.82) is 0 Å². The summed E-state index contributed by atoms with van der Waals surface area (Å²) < 4.78 is 11.1. The zero-order valence-corrected chi connectivity index (χ0v) is 14.0. The Kier molecular flexibility index (Phi) is 5.24. The molecule has 0 aliphatic heterocycles. The van der Waals surface area contributed by atoms with Crippen LogP contribution in [-0.2, 0) is 0 Å². The molecule has 2 aromatic carbocycles. The van der Waals surface area contributed by atoms with Crippen LogP contribution in [0.5, 0.6) is 5.75 Å². The van der Waals surface area contributed by atoms with Crippen molar-refractivity contribution >= 4 is 46.6 Å². The van der Waals surface area contributed by atoms with Crippen LogP contribution in [0.4, 0.5) is 0 Å². The highest BCUT2D eigenvalue weighted by Gasteiger charge is 2.19. The number of hydrogen-bond acceptors (Lipinski definition) is 3. The number of furan rings is 1. The Morgan fingerprint density at radius 2 is 1.91 bits per heavy atom. The van der Waals surface area contributed by atoms with Crippen molar-refractivity contribution < 1.29 is 9.15 Å². The minimum absolute atomic E-state index is 0. The van der Waals surface area contributed by atoms with E-state index in [1.807, 2.05) is 24.3 Å². The van der Waals surface area contributed by atoms with E-state index in [0.29, 0.717) is 27.1 Å². The number of fused-ring (bicyclic) bond motifs is 1. The van der Waals surface area contributed by atoms with Gasteiger partial charge in [0.1, 0.15) is 17.1 Å². The van der Waals surface area contributed by atoms with E-state index >= 15 is 0 Å². The Morgan fingerprint density at radius 3 is 2.59 bits per heavy atom. The van der Waals surface area contributed by atoms with Gasteiger partial charge in [0.2, 0.25) is 0 Å². The average Bonchev–Trinajstić information content (AvgIpc) is 2.92. The minimum Gasteiger partial charge on any atom is -0.496 e. The molecule has 22 heavy (non-hydrogen) atoms. The van der Waals surface area contributed by atoms with Crippen molar-refractivity contribution in [3.05, 3.63) is 63.8 Å². The Balaban J connectivity index is 0.00000176. The molecule has 0 saturated carbocycles. The van der Waals surface area contributed by atoms with Gasteiger partial charge in [-0.1, -0.05) is 29.3 Å². The summed E-state index contributed by atoms with van der Waals surface area (Å²) in [7, 11) is 1.59. The topological polar surface area (TPSA) is 48.4 Å². The number of halogens is 3. The summed E-state index contributed by atoms with van der Waals surface area (Å²) in [6, 6.07) is 12.2. The van der Waals surface area contributed by atoms with Gasteiger partial charge in [-0.15, -0.1) is 12.4 Å². The monoisotopic (exact) mass is 357 g/mol. The Labute approximate surface area is 144 Å². The lowest BCUT2D eigenvalue weighted by Crippen LogP contribution is -2.12. The first-order valence-corrected chi connectivity index (χ1v) is 7.12. The van der Waals surface area contributed by atoms with Crippen LogP contribution >= 0.6 is 35.6 Å². The van der Waals surface area contributed by atoms with E-state index < -0.39 is 6.04 Å². The molecule has 2 N–H and O–H groups in total. The molecule has 6 heteroatoms. The van der Waals surface area contributed by atoms with Gasteiger partial charge in [-0.3, -0.25) is 0 Å². The second-order valence-corrected chi connectivity index (χ2v) is 5.51. The van der Waals surface area contributed by atoms with Gasteiger partial charge >= 0.3 is 0 Å². The van der Waals surface area contributed by atoms with Crippen LogP contribution in [0.3, 0.4) is 0 Å². The van der Waals surface area contributed by atoms with Crippen LogP contribution in [-0.4, -0.2) is 7.11 Å². The molecule has 0 amide bonds. The molecule has 116 valence electrons. The number of methoxy groups -OCH3 is 1. The van der Waals surface area contributed by atoms with Gasteiger partial charge in [0.05, 0.1) is 18.2 Å². The summed E-state index contributed by atoms with van der Waals surface area (Å²) in [5, 5.41) is 2.06. The molecule has 0 aliphatic carbocycles. The normalized spacial score (nSPS) is 12.0. The zero-order valence-electron chi connectivity index (χ0n) is 11.7. The van der Waals surface area contributed by atoms with Crippen LogP contribution in [0, 0.1) is 0 Å². The van der Waals surface area contributed by atoms with Gasteiger partial charge < -0.3 is 14.9 Å². The maximum Gasteiger partial charge on any atom is 0.135 e. The van der Waals surface area contributed by atoms with Crippen LogP contribution in [0.25, 0.3) is 11.0 Å². The number of hydrogen-bond donors (Lipinski definition) is 1. The molecule has 0 bridgehead atoms. The van der Waals surface area contributed by atoms with E-state index in [0.717, 1.165) is 10.9 Å². The molecular weight excluding hydrogens is 345 g/mol. The molecule has 1 atom stereocenters. The lowest BCUT2D eigenvalue weighted by atomic mass is 10.0. The van der Waals surface area contributed by atoms with Crippen molar-refractivity contribution in [2.45, 2.75) is 6.04 Å². The highest BCUT2D eigenvalue weighted by molar-refractivity contribution is 6.35. The molecule has 0 radical (unpaired) electrons. The fraction of sp³-hybridized carbons (Fsp3) is 0.125. The van der Waals surface area contributed by atoms with Gasteiger partial charge in [-0.05, 0) is 36.4 Å². The number of rotatable bonds is 3. The highest BCUT2D eigenvalue weighted by Crippen LogP contribution is 2.35. The van der Waals surface area contributed by atoms with Gasteiger partial charge in [0.25, 0.3) is 0 Å². The van der Waals surface area contributed by atoms with Crippen molar-refractivity contribution in [2.75, 3.05) is 7.11 Å². The fourth-order valence-corrected chi connectivity index (χ4v) is 2.70. The first-order chi connectivity index (χ1) is 10.1. The Bertz CT molecular complexity index is 801. The lowest BCUT2D eigenvalue weighted by Gasteiger charge is -2.14. The average molecular weight is 359 g/mol. The first-order valence-electron chi connectivity index (χ1n) is 6.37. The quantitative estimate of drug-likeness (QED) is 0.698. The minimum atomic E-state index is -0.484. The van der Waals surface area contributed by atoms with E-state index in [4.69, 9.17) is 38.1 Å². The third-order valence-corrected chi connectivity index (χ3v) is 3.93. The summed E-state index contributed by atoms with van der Waals surface area (Å²) in [6.45, 7) is 0. The molecule has 0 aliphatic rings. The molecule has 3 rings (SSSR count). The third-order valence-electron chi connectivity index (χ3n) is 3.36. The van der Waals surface area contributed by atoms with Gasteiger partial charge in [0.15, 0.2) is 0 Å². The van der Waals surface area contributed by atoms with E-state index in [9.17, 15) is 0 Å². The molecular formula is C16H14Cl3NO2. The first kappa shape index (κ1) is 17.0. The second-order valence-electron chi connectivity index (χ2n) is 4.66. The highest BCUT2D eigenvalue weighted by atomic mass is 35.5. The van der Waals surface area contributed by atoms with Crippen molar-refractivity contribution in [2.24, 2.45) is 5.73 Å². The van der Waals surface area contributed by atoms with Crippen LogP contribution in [0.1, 0.15) is 17.4 Å². The van der Waals surface area contributed by atoms with Gasteiger partial charge in [-0.25, -0.2) is 0 Å². The van der Waals surface area contributed by atoms with E-state index in [1.165, 1.54) is 0 Å². The summed E-state index contributed by atoms with van der Waals surface area (Å²) in [4.78, 5) is 0. The summed E-state index contributed by atoms with van der Waals surface area (Å²) in [5.41, 5.74) is 7.77. The number of ether oxygens (including phenoxy) is 1. The summed E-state index contributed by atoms with van der Waals surface area (Å²) in [5.74, 6) is 1.28. The molecule has 1 aromatic heterocycles. The molecule has 0 spiro atoms. The van der Waals surface area contributed by atoms with Crippen LogP contribution in [0.2, 0.25) is 10.0 Å². The van der Waals surface area contributed by atoms with Gasteiger partial charge in [-0.2, -0.15) is 0 Å². The van der Waals surface area contributed by atoms with E-state index in [1.54, 1.807) is 25.3 Å². The molecule has 1 heterocycles. The smallest absolute Gasteiger partial charge is 0.135 e.